The summed E-state index contributed by atoms with van der Waals surface area (Å²) in [6.07, 6.45) is 3.60. The lowest BCUT2D eigenvalue weighted by molar-refractivity contribution is 0.340. The van der Waals surface area contributed by atoms with Gasteiger partial charge in [0.25, 0.3) is 0 Å². The quantitative estimate of drug-likeness (QED) is 0.663. The largest absolute Gasteiger partial charge is 0.0922 e. The first-order valence-electron chi connectivity index (χ1n) is 5.40. The molecule has 2 heteroatoms. The molecular formula is C13H18BrCl. The van der Waals surface area contributed by atoms with Gasteiger partial charge in [-0.25, -0.2) is 0 Å². The molecule has 0 aliphatic heterocycles. The Morgan fingerprint density at radius 1 is 1.27 bits per heavy atom. The minimum absolute atomic E-state index is 0.364. The summed E-state index contributed by atoms with van der Waals surface area (Å²) in [5.74, 6) is 0. The average Bonchev–Trinajstić information content (AvgIpc) is 2.22. The van der Waals surface area contributed by atoms with Crippen LogP contribution in [0.3, 0.4) is 0 Å². The van der Waals surface area contributed by atoms with Gasteiger partial charge in [-0.15, -0.1) is 0 Å². The van der Waals surface area contributed by atoms with Crippen LogP contribution >= 0.6 is 27.5 Å². The standard InChI is InChI=1S/C13H18BrCl/c1-3-8-13(2,10-14)9-11-4-6-12(15)7-5-11/h4-7H,3,8-10H2,1-2H3. The lowest BCUT2D eigenvalue weighted by atomic mass is 9.82. The molecule has 1 rings (SSSR count). The van der Waals surface area contributed by atoms with Gasteiger partial charge in [0, 0.05) is 10.4 Å². The summed E-state index contributed by atoms with van der Waals surface area (Å²) in [5, 5.41) is 1.87. The number of hydrogen-bond acceptors (Lipinski definition) is 0. The van der Waals surface area contributed by atoms with E-state index in [1.807, 2.05) is 12.1 Å². The van der Waals surface area contributed by atoms with Crippen LogP contribution in [0.1, 0.15) is 32.3 Å². The van der Waals surface area contributed by atoms with Gasteiger partial charge < -0.3 is 0 Å². The third-order valence-electron chi connectivity index (χ3n) is 2.72. The maximum atomic E-state index is 5.87. The van der Waals surface area contributed by atoms with Crippen molar-refractivity contribution < 1.29 is 0 Å². The molecule has 0 amide bonds. The Morgan fingerprint density at radius 2 is 1.87 bits per heavy atom. The molecule has 0 radical (unpaired) electrons. The number of benzene rings is 1. The maximum Gasteiger partial charge on any atom is 0.0406 e. The molecule has 15 heavy (non-hydrogen) atoms. The molecular weight excluding hydrogens is 272 g/mol. The van der Waals surface area contributed by atoms with Crippen molar-refractivity contribution in [2.75, 3.05) is 5.33 Å². The smallest absolute Gasteiger partial charge is 0.0406 e. The Balaban J connectivity index is 2.70. The lowest BCUT2D eigenvalue weighted by Crippen LogP contribution is -2.21. The Labute approximate surface area is 106 Å². The Morgan fingerprint density at radius 3 is 2.33 bits per heavy atom. The summed E-state index contributed by atoms with van der Waals surface area (Å²) in [4.78, 5) is 0. The van der Waals surface area contributed by atoms with Gasteiger partial charge in [-0.05, 0) is 36.0 Å². The van der Waals surface area contributed by atoms with Crippen molar-refractivity contribution in [3.8, 4) is 0 Å². The first-order valence-corrected chi connectivity index (χ1v) is 6.90. The van der Waals surface area contributed by atoms with Crippen molar-refractivity contribution in [2.24, 2.45) is 5.41 Å². The number of halogens is 2. The fourth-order valence-corrected chi connectivity index (χ4v) is 2.51. The van der Waals surface area contributed by atoms with Crippen molar-refractivity contribution in [3.63, 3.8) is 0 Å². The van der Waals surface area contributed by atoms with Crippen LogP contribution in [0.15, 0.2) is 24.3 Å². The van der Waals surface area contributed by atoms with E-state index in [9.17, 15) is 0 Å². The molecule has 0 N–H and O–H groups in total. The highest BCUT2D eigenvalue weighted by atomic mass is 79.9. The fourth-order valence-electron chi connectivity index (χ4n) is 1.90. The Hall–Kier alpha value is -0.0100. The zero-order chi connectivity index (χ0) is 11.3. The van der Waals surface area contributed by atoms with Crippen molar-refractivity contribution in [1.82, 2.24) is 0 Å². The van der Waals surface area contributed by atoms with Crippen LogP contribution in [-0.4, -0.2) is 5.33 Å². The van der Waals surface area contributed by atoms with Crippen LogP contribution in [0.4, 0.5) is 0 Å². The molecule has 84 valence electrons. The van der Waals surface area contributed by atoms with E-state index in [1.165, 1.54) is 18.4 Å². The van der Waals surface area contributed by atoms with Crippen LogP contribution in [-0.2, 0) is 6.42 Å². The number of rotatable bonds is 5. The van der Waals surface area contributed by atoms with Gasteiger partial charge in [-0.1, -0.05) is 59.9 Å². The van der Waals surface area contributed by atoms with E-state index < -0.39 is 0 Å². The molecule has 0 saturated carbocycles. The summed E-state index contributed by atoms with van der Waals surface area (Å²) in [5.41, 5.74) is 1.73. The van der Waals surface area contributed by atoms with Crippen LogP contribution in [0.2, 0.25) is 5.02 Å². The lowest BCUT2D eigenvalue weighted by Gasteiger charge is -2.27. The normalized spacial score (nSPS) is 14.9. The molecule has 1 unspecified atom stereocenters. The van der Waals surface area contributed by atoms with Crippen molar-refractivity contribution in [2.45, 2.75) is 33.1 Å². The molecule has 0 fully saturated rings. The minimum Gasteiger partial charge on any atom is -0.0922 e. The zero-order valence-corrected chi connectivity index (χ0v) is 11.7. The second kappa shape index (κ2) is 5.91. The monoisotopic (exact) mass is 288 g/mol. The van der Waals surface area contributed by atoms with Gasteiger partial charge in [-0.2, -0.15) is 0 Å². The highest BCUT2D eigenvalue weighted by molar-refractivity contribution is 9.09. The van der Waals surface area contributed by atoms with Crippen LogP contribution < -0.4 is 0 Å². The molecule has 0 heterocycles. The third kappa shape index (κ3) is 4.16. The molecule has 0 aliphatic carbocycles. The molecule has 0 bridgehead atoms. The zero-order valence-electron chi connectivity index (χ0n) is 9.39. The van der Waals surface area contributed by atoms with Crippen molar-refractivity contribution in [3.05, 3.63) is 34.9 Å². The highest BCUT2D eigenvalue weighted by Crippen LogP contribution is 2.30. The van der Waals surface area contributed by atoms with Crippen LogP contribution in [0.5, 0.6) is 0 Å². The molecule has 0 nitrogen and oxygen atoms in total. The fraction of sp³-hybridized carbons (Fsp3) is 0.538. The first-order chi connectivity index (χ1) is 7.09. The highest BCUT2D eigenvalue weighted by Gasteiger charge is 2.22. The second-order valence-electron chi connectivity index (χ2n) is 4.50. The van der Waals surface area contributed by atoms with E-state index in [0.29, 0.717) is 5.41 Å². The molecule has 1 aromatic rings. The number of alkyl halides is 1. The molecule has 1 atom stereocenters. The first kappa shape index (κ1) is 13.1. The molecule has 1 aromatic carbocycles. The summed E-state index contributed by atoms with van der Waals surface area (Å²) < 4.78 is 0. The molecule has 0 aliphatic rings. The summed E-state index contributed by atoms with van der Waals surface area (Å²) in [7, 11) is 0. The predicted molar refractivity (Wildman–Crippen MR) is 72.0 cm³/mol. The van der Waals surface area contributed by atoms with Gasteiger partial charge in [-0.3, -0.25) is 0 Å². The van der Waals surface area contributed by atoms with Crippen LogP contribution in [0.25, 0.3) is 0 Å². The third-order valence-corrected chi connectivity index (χ3v) is 4.33. The van der Waals surface area contributed by atoms with E-state index in [2.05, 4.69) is 41.9 Å². The van der Waals surface area contributed by atoms with E-state index in [1.54, 1.807) is 0 Å². The van der Waals surface area contributed by atoms with Gasteiger partial charge in [0.15, 0.2) is 0 Å². The van der Waals surface area contributed by atoms with E-state index in [4.69, 9.17) is 11.6 Å². The molecule has 0 spiro atoms. The topological polar surface area (TPSA) is 0 Å². The minimum atomic E-state index is 0.364. The van der Waals surface area contributed by atoms with Gasteiger partial charge >= 0.3 is 0 Å². The predicted octanol–water partition coefficient (Wildman–Crippen LogP) is 5.08. The molecule has 0 saturated heterocycles. The average molecular weight is 290 g/mol. The van der Waals surface area contributed by atoms with E-state index >= 15 is 0 Å². The molecule has 0 aromatic heterocycles. The second-order valence-corrected chi connectivity index (χ2v) is 5.49. The van der Waals surface area contributed by atoms with Gasteiger partial charge in [0.05, 0.1) is 0 Å². The summed E-state index contributed by atoms with van der Waals surface area (Å²) in [6, 6.07) is 8.19. The maximum absolute atomic E-state index is 5.87. The Bertz CT molecular complexity index is 294. The van der Waals surface area contributed by atoms with E-state index in [0.717, 1.165) is 16.8 Å². The summed E-state index contributed by atoms with van der Waals surface area (Å²) >= 11 is 9.49. The SMILES string of the molecule is CCCC(C)(CBr)Cc1ccc(Cl)cc1. The van der Waals surface area contributed by atoms with E-state index in [-0.39, 0.29) is 0 Å². The number of hydrogen-bond donors (Lipinski definition) is 0. The van der Waals surface area contributed by atoms with Gasteiger partial charge in [0.2, 0.25) is 0 Å². The van der Waals surface area contributed by atoms with Crippen molar-refractivity contribution >= 4 is 27.5 Å². The Kier molecular flexibility index (Phi) is 5.14. The van der Waals surface area contributed by atoms with Crippen molar-refractivity contribution in [1.29, 1.82) is 0 Å². The van der Waals surface area contributed by atoms with Crippen LogP contribution in [0, 0.1) is 5.41 Å². The van der Waals surface area contributed by atoms with Gasteiger partial charge in [0.1, 0.15) is 0 Å². The summed E-state index contributed by atoms with van der Waals surface area (Å²) in [6.45, 7) is 4.57.